The number of rotatable bonds is 4. The van der Waals surface area contributed by atoms with Gasteiger partial charge in [-0.15, -0.1) is 0 Å². The molecule has 1 aromatic rings. The van der Waals surface area contributed by atoms with Gasteiger partial charge in [-0.3, -0.25) is 9.00 Å². The maximum Gasteiger partial charge on any atom is 0.225 e. The van der Waals surface area contributed by atoms with Crippen LogP contribution in [0.15, 0.2) is 0 Å². The standard InChI is InChI=1S/C18H29N3O2S/c1-18(2,3)21-17(14-11-24(23)12-15(14)20-21)19-16(22)10-9-13-7-5-4-6-8-13/h13H,4-12H2,1-3H3,(H,19,22)/t24-/m1/s1. The van der Waals surface area contributed by atoms with Crippen molar-refractivity contribution in [3.05, 3.63) is 11.3 Å². The van der Waals surface area contributed by atoms with Crippen LogP contribution in [0.1, 0.15) is 77.0 Å². The highest BCUT2D eigenvalue weighted by Crippen LogP contribution is 2.33. The molecular weight excluding hydrogens is 322 g/mol. The maximum absolute atomic E-state index is 12.5. The zero-order valence-electron chi connectivity index (χ0n) is 15.1. The number of anilines is 1. The van der Waals surface area contributed by atoms with Gasteiger partial charge in [0.05, 0.1) is 22.7 Å². The van der Waals surface area contributed by atoms with Crippen molar-refractivity contribution in [1.29, 1.82) is 0 Å². The fourth-order valence-corrected chi connectivity index (χ4v) is 5.01. The van der Waals surface area contributed by atoms with E-state index in [1.807, 2.05) is 4.68 Å². The van der Waals surface area contributed by atoms with Gasteiger partial charge in [0, 0.05) is 22.8 Å². The fourth-order valence-electron chi connectivity index (χ4n) is 3.75. The van der Waals surface area contributed by atoms with Gasteiger partial charge in [-0.2, -0.15) is 5.10 Å². The minimum atomic E-state index is -0.883. The second-order valence-electron chi connectivity index (χ2n) is 8.18. The van der Waals surface area contributed by atoms with Gasteiger partial charge in [-0.25, -0.2) is 4.68 Å². The highest BCUT2D eigenvalue weighted by Gasteiger charge is 2.31. The summed E-state index contributed by atoms with van der Waals surface area (Å²) in [5.74, 6) is 2.53. The van der Waals surface area contributed by atoms with Crippen LogP contribution in [0, 0.1) is 5.92 Å². The summed E-state index contributed by atoms with van der Waals surface area (Å²) in [4.78, 5) is 12.5. The lowest BCUT2D eigenvalue weighted by molar-refractivity contribution is -0.116. The van der Waals surface area contributed by atoms with Crippen LogP contribution < -0.4 is 5.32 Å². The van der Waals surface area contributed by atoms with Crippen molar-refractivity contribution >= 4 is 22.5 Å². The molecule has 0 saturated heterocycles. The quantitative estimate of drug-likeness (QED) is 0.899. The molecule has 5 nitrogen and oxygen atoms in total. The lowest BCUT2D eigenvalue weighted by atomic mass is 9.86. The summed E-state index contributed by atoms with van der Waals surface area (Å²) >= 11 is 0. The predicted molar refractivity (Wildman–Crippen MR) is 97.2 cm³/mol. The molecule has 2 heterocycles. The van der Waals surface area contributed by atoms with Gasteiger partial charge in [-0.1, -0.05) is 32.1 Å². The van der Waals surface area contributed by atoms with Gasteiger partial charge >= 0.3 is 0 Å². The Morgan fingerprint density at radius 3 is 2.62 bits per heavy atom. The number of nitrogens with one attached hydrogen (secondary N) is 1. The van der Waals surface area contributed by atoms with Gasteiger partial charge in [0.1, 0.15) is 5.82 Å². The average molecular weight is 352 g/mol. The normalized spacial score (nSPS) is 21.7. The van der Waals surface area contributed by atoms with Crippen LogP contribution in [0.25, 0.3) is 0 Å². The van der Waals surface area contributed by atoms with E-state index in [2.05, 4.69) is 31.2 Å². The number of fused-ring (bicyclic) bond motifs is 1. The number of nitrogens with zero attached hydrogens (tertiary/aromatic N) is 2. The van der Waals surface area contributed by atoms with E-state index in [1.165, 1.54) is 32.1 Å². The fraction of sp³-hybridized carbons (Fsp3) is 0.778. The van der Waals surface area contributed by atoms with Crippen molar-refractivity contribution in [1.82, 2.24) is 9.78 Å². The molecule has 1 fully saturated rings. The molecule has 1 aliphatic heterocycles. The Labute approximate surface area is 147 Å². The van der Waals surface area contributed by atoms with Gasteiger partial charge in [0.25, 0.3) is 0 Å². The van der Waals surface area contributed by atoms with Crippen LogP contribution in [0.2, 0.25) is 0 Å². The van der Waals surface area contributed by atoms with E-state index in [1.54, 1.807) is 0 Å². The Hall–Kier alpha value is -1.17. The number of hydrogen-bond donors (Lipinski definition) is 1. The Bertz CT molecular complexity index is 639. The van der Waals surface area contributed by atoms with E-state index < -0.39 is 10.8 Å². The zero-order valence-corrected chi connectivity index (χ0v) is 15.9. The van der Waals surface area contributed by atoms with E-state index >= 15 is 0 Å². The minimum Gasteiger partial charge on any atom is -0.311 e. The molecule has 1 atom stereocenters. The van der Waals surface area contributed by atoms with Gasteiger partial charge in [-0.05, 0) is 33.1 Å². The minimum absolute atomic E-state index is 0.0615. The molecule has 1 amide bonds. The maximum atomic E-state index is 12.5. The lowest BCUT2D eigenvalue weighted by Gasteiger charge is -2.24. The van der Waals surface area contributed by atoms with Crippen molar-refractivity contribution in [2.24, 2.45) is 5.92 Å². The topological polar surface area (TPSA) is 64.0 Å². The number of aromatic nitrogens is 2. The summed E-state index contributed by atoms with van der Waals surface area (Å²) in [7, 11) is -0.883. The molecule has 0 radical (unpaired) electrons. The van der Waals surface area contributed by atoms with Crippen LogP contribution >= 0.6 is 0 Å². The summed E-state index contributed by atoms with van der Waals surface area (Å²) < 4.78 is 13.7. The molecule has 0 bridgehead atoms. The summed E-state index contributed by atoms with van der Waals surface area (Å²) in [6, 6.07) is 0. The van der Waals surface area contributed by atoms with Crippen molar-refractivity contribution < 1.29 is 9.00 Å². The molecule has 3 rings (SSSR count). The van der Waals surface area contributed by atoms with Gasteiger partial charge < -0.3 is 5.32 Å². The van der Waals surface area contributed by atoms with E-state index in [0.717, 1.165) is 23.5 Å². The molecule has 134 valence electrons. The lowest BCUT2D eigenvalue weighted by Crippen LogP contribution is -2.27. The van der Waals surface area contributed by atoms with Crippen LogP contribution in [0.5, 0.6) is 0 Å². The van der Waals surface area contributed by atoms with E-state index in [0.29, 0.717) is 23.8 Å². The first-order valence-electron chi connectivity index (χ1n) is 9.10. The summed E-state index contributed by atoms with van der Waals surface area (Å²) in [5.41, 5.74) is 1.64. The number of amides is 1. The molecular formula is C18H29N3O2S. The van der Waals surface area contributed by atoms with Crippen molar-refractivity contribution in [3.8, 4) is 0 Å². The van der Waals surface area contributed by atoms with Crippen LogP contribution in [0.3, 0.4) is 0 Å². The molecule has 0 unspecified atom stereocenters. The molecule has 6 heteroatoms. The average Bonchev–Trinajstić information content (AvgIpc) is 3.03. The predicted octanol–water partition coefficient (Wildman–Crippen LogP) is 3.70. The summed E-state index contributed by atoms with van der Waals surface area (Å²) in [5, 5.41) is 7.71. The first-order chi connectivity index (χ1) is 11.3. The molecule has 1 saturated carbocycles. The SMILES string of the molecule is CC(C)(C)n1nc2c(c1NC(=O)CCC1CCCCC1)C[S@@](=O)C2. The number of carbonyl (C=O) groups excluding carboxylic acids is 1. The molecule has 24 heavy (non-hydrogen) atoms. The first-order valence-corrected chi connectivity index (χ1v) is 10.6. The number of carbonyl (C=O) groups is 1. The van der Waals surface area contributed by atoms with Crippen LogP contribution in [-0.2, 0) is 32.6 Å². The second kappa shape index (κ2) is 6.98. The Balaban J connectivity index is 1.69. The van der Waals surface area contributed by atoms with E-state index in [9.17, 15) is 9.00 Å². The molecule has 1 N–H and O–H groups in total. The van der Waals surface area contributed by atoms with E-state index in [4.69, 9.17) is 0 Å². The number of hydrogen-bond acceptors (Lipinski definition) is 3. The van der Waals surface area contributed by atoms with Crippen LogP contribution in [0.4, 0.5) is 5.82 Å². The summed E-state index contributed by atoms with van der Waals surface area (Å²) in [6.45, 7) is 6.22. The third kappa shape index (κ3) is 3.90. The van der Waals surface area contributed by atoms with Crippen LogP contribution in [-0.4, -0.2) is 19.9 Å². The first kappa shape index (κ1) is 17.6. The largest absolute Gasteiger partial charge is 0.311 e. The highest BCUT2D eigenvalue weighted by atomic mass is 32.2. The molecule has 1 aromatic heterocycles. The Morgan fingerprint density at radius 1 is 1.25 bits per heavy atom. The van der Waals surface area contributed by atoms with Crippen molar-refractivity contribution in [3.63, 3.8) is 0 Å². The molecule has 0 spiro atoms. The second-order valence-corrected chi connectivity index (χ2v) is 9.63. The third-order valence-corrected chi connectivity index (χ3v) is 6.27. The Morgan fingerprint density at radius 2 is 1.96 bits per heavy atom. The monoisotopic (exact) mass is 351 g/mol. The summed E-state index contributed by atoms with van der Waals surface area (Å²) in [6.07, 6.45) is 8.03. The van der Waals surface area contributed by atoms with E-state index in [-0.39, 0.29) is 11.4 Å². The van der Waals surface area contributed by atoms with Crippen molar-refractivity contribution in [2.45, 2.75) is 82.8 Å². The van der Waals surface area contributed by atoms with Crippen molar-refractivity contribution in [2.75, 3.05) is 5.32 Å². The molecule has 1 aliphatic carbocycles. The third-order valence-electron chi connectivity index (χ3n) is 5.07. The molecule has 2 aliphatic rings. The zero-order chi connectivity index (χ0) is 17.3. The highest BCUT2D eigenvalue weighted by molar-refractivity contribution is 7.83. The molecule has 0 aromatic carbocycles. The van der Waals surface area contributed by atoms with Gasteiger partial charge in [0.15, 0.2) is 0 Å². The Kier molecular flexibility index (Phi) is 5.13. The van der Waals surface area contributed by atoms with Gasteiger partial charge in [0.2, 0.25) is 5.91 Å². The smallest absolute Gasteiger partial charge is 0.225 e.